The molecule has 1 heterocycles. The van der Waals surface area contributed by atoms with E-state index in [2.05, 4.69) is 10.5 Å². The van der Waals surface area contributed by atoms with E-state index >= 15 is 0 Å². The molecule has 1 aliphatic rings. The van der Waals surface area contributed by atoms with Gasteiger partial charge in [-0.3, -0.25) is 20.3 Å². The Kier molecular flexibility index (Phi) is 3.46. The van der Waals surface area contributed by atoms with Crippen LogP contribution in [0, 0.1) is 16.0 Å². The number of nitro benzene ring substituents is 1. The van der Waals surface area contributed by atoms with Gasteiger partial charge in [-0.2, -0.15) is 5.10 Å². The monoisotopic (exact) mass is 262 g/mol. The topological polar surface area (TPSA) is 87.8 Å². The van der Waals surface area contributed by atoms with Crippen molar-refractivity contribution in [2.45, 2.75) is 6.92 Å². The lowest BCUT2D eigenvalue weighted by atomic mass is 10.1. The van der Waals surface area contributed by atoms with E-state index in [0.29, 0.717) is 17.9 Å². The number of nitrogens with one attached hydrogen (secondary N) is 1. The first-order valence-corrected chi connectivity index (χ1v) is 5.82. The third-order valence-electron chi connectivity index (χ3n) is 2.96. The molecule has 1 saturated heterocycles. The van der Waals surface area contributed by atoms with Crippen LogP contribution in [0.5, 0.6) is 0 Å². The van der Waals surface area contributed by atoms with Crippen LogP contribution in [-0.4, -0.2) is 35.0 Å². The maximum absolute atomic E-state index is 11.7. The van der Waals surface area contributed by atoms with Crippen LogP contribution >= 0.6 is 0 Å². The van der Waals surface area contributed by atoms with Crippen molar-refractivity contribution in [1.29, 1.82) is 0 Å². The van der Waals surface area contributed by atoms with Crippen LogP contribution in [0.25, 0.3) is 0 Å². The number of carbonyl (C=O) groups is 1. The highest BCUT2D eigenvalue weighted by Crippen LogP contribution is 2.17. The number of nitro groups is 1. The predicted molar refractivity (Wildman–Crippen MR) is 71.0 cm³/mol. The number of rotatable bonds is 3. The maximum atomic E-state index is 11.7. The van der Waals surface area contributed by atoms with Crippen LogP contribution < -0.4 is 5.43 Å². The third-order valence-corrected chi connectivity index (χ3v) is 2.96. The van der Waals surface area contributed by atoms with Gasteiger partial charge in [0.25, 0.3) is 11.6 Å². The van der Waals surface area contributed by atoms with Crippen LogP contribution in [0.3, 0.4) is 0 Å². The van der Waals surface area contributed by atoms with Gasteiger partial charge >= 0.3 is 0 Å². The average molecular weight is 262 g/mol. The molecule has 100 valence electrons. The molecule has 0 radical (unpaired) electrons. The number of nitrogens with zero attached hydrogens (tertiary/aromatic N) is 3. The largest absolute Gasteiger partial charge is 0.340 e. The summed E-state index contributed by atoms with van der Waals surface area (Å²) < 4.78 is 0. The molecular formula is C12H14N4O3. The summed E-state index contributed by atoms with van der Waals surface area (Å²) in [5.74, 6) is -0.0232. The minimum absolute atomic E-state index is 0.0169. The molecule has 1 fully saturated rings. The minimum Gasteiger partial charge on any atom is -0.340 e. The highest BCUT2D eigenvalue weighted by molar-refractivity contribution is 6.41. The van der Waals surface area contributed by atoms with E-state index < -0.39 is 4.92 Å². The molecule has 1 aliphatic heterocycles. The SMILES string of the molecule is CC1CN(C)C(=O)C1=NNc1ccc([N+](=O)[O-])cc1. The number of carbonyl (C=O) groups excluding carboxylic acids is 1. The van der Waals surface area contributed by atoms with Gasteiger partial charge < -0.3 is 4.90 Å². The summed E-state index contributed by atoms with van der Waals surface area (Å²) in [6, 6.07) is 5.87. The van der Waals surface area contributed by atoms with E-state index in [1.807, 2.05) is 6.92 Å². The van der Waals surface area contributed by atoms with Gasteiger partial charge in [-0.05, 0) is 12.1 Å². The Morgan fingerprint density at radius 1 is 1.42 bits per heavy atom. The van der Waals surface area contributed by atoms with Crippen molar-refractivity contribution in [3.63, 3.8) is 0 Å². The molecule has 0 saturated carbocycles. The van der Waals surface area contributed by atoms with Gasteiger partial charge in [-0.25, -0.2) is 0 Å². The van der Waals surface area contributed by atoms with E-state index in [0.717, 1.165) is 0 Å². The van der Waals surface area contributed by atoms with Crippen molar-refractivity contribution in [3.05, 3.63) is 34.4 Å². The number of non-ortho nitro benzene ring substituents is 1. The van der Waals surface area contributed by atoms with Gasteiger partial charge in [-0.15, -0.1) is 0 Å². The van der Waals surface area contributed by atoms with Crippen molar-refractivity contribution >= 4 is 23.0 Å². The van der Waals surface area contributed by atoms with E-state index in [-0.39, 0.29) is 17.5 Å². The zero-order chi connectivity index (χ0) is 14.0. The molecule has 0 aromatic heterocycles. The number of anilines is 1. The molecule has 1 aromatic carbocycles. The molecule has 1 aromatic rings. The van der Waals surface area contributed by atoms with Gasteiger partial charge in [0.15, 0.2) is 0 Å². The Labute approximate surface area is 110 Å². The molecule has 19 heavy (non-hydrogen) atoms. The second-order valence-electron chi connectivity index (χ2n) is 4.50. The summed E-state index contributed by atoms with van der Waals surface area (Å²) >= 11 is 0. The standard InChI is InChI=1S/C12H14N4O3/c1-8-7-15(2)12(17)11(8)14-13-9-3-5-10(6-4-9)16(18)19/h3-6,8,13H,7H2,1-2H3. The van der Waals surface area contributed by atoms with Gasteiger partial charge in [0, 0.05) is 31.6 Å². The molecule has 0 aliphatic carbocycles. The smallest absolute Gasteiger partial charge is 0.270 e. The third kappa shape index (κ3) is 2.70. The van der Waals surface area contributed by atoms with Crippen molar-refractivity contribution in [1.82, 2.24) is 4.90 Å². The number of amides is 1. The van der Waals surface area contributed by atoms with E-state index in [1.54, 1.807) is 24.1 Å². The first-order chi connectivity index (χ1) is 8.99. The van der Waals surface area contributed by atoms with E-state index in [9.17, 15) is 14.9 Å². The molecule has 1 N–H and O–H groups in total. The van der Waals surface area contributed by atoms with Crippen LogP contribution in [0.1, 0.15) is 6.92 Å². The van der Waals surface area contributed by atoms with Gasteiger partial charge in [0.05, 0.1) is 10.6 Å². The Bertz CT molecular complexity index is 538. The summed E-state index contributed by atoms with van der Waals surface area (Å²) in [6.07, 6.45) is 0. The summed E-state index contributed by atoms with van der Waals surface area (Å²) in [4.78, 5) is 23.4. The number of hydrogen-bond acceptors (Lipinski definition) is 5. The first kappa shape index (κ1) is 13.0. The molecule has 1 amide bonds. The minimum atomic E-state index is -0.465. The molecular weight excluding hydrogens is 248 g/mol. The Hall–Kier alpha value is -2.44. The lowest BCUT2D eigenvalue weighted by Gasteiger charge is -2.04. The van der Waals surface area contributed by atoms with E-state index in [1.165, 1.54) is 12.1 Å². The normalized spacial score (nSPS) is 20.9. The Morgan fingerprint density at radius 2 is 2.05 bits per heavy atom. The average Bonchev–Trinajstić information content (AvgIpc) is 2.62. The number of hydrazone groups is 1. The fourth-order valence-electron chi connectivity index (χ4n) is 1.93. The highest BCUT2D eigenvalue weighted by atomic mass is 16.6. The summed E-state index contributed by atoms with van der Waals surface area (Å²) in [6.45, 7) is 2.58. The lowest BCUT2D eigenvalue weighted by molar-refractivity contribution is -0.384. The second kappa shape index (κ2) is 5.05. The fourth-order valence-corrected chi connectivity index (χ4v) is 1.93. The van der Waals surface area contributed by atoms with Gasteiger partial charge in [0.1, 0.15) is 5.71 Å². The van der Waals surface area contributed by atoms with Crippen molar-refractivity contribution in [2.75, 3.05) is 19.0 Å². The molecule has 7 heteroatoms. The van der Waals surface area contributed by atoms with Crippen LogP contribution in [-0.2, 0) is 4.79 Å². The number of benzene rings is 1. The zero-order valence-corrected chi connectivity index (χ0v) is 10.7. The van der Waals surface area contributed by atoms with Crippen LogP contribution in [0.15, 0.2) is 29.4 Å². The number of likely N-dealkylation sites (tertiary alicyclic amines) is 1. The highest BCUT2D eigenvalue weighted by Gasteiger charge is 2.31. The molecule has 7 nitrogen and oxygen atoms in total. The Balaban J connectivity index is 2.10. The van der Waals surface area contributed by atoms with Gasteiger partial charge in [-0.1, -0.05) is 6.92 Å². The lowest BCUT2D eigenvalue weighted by Crippen LogP contribution is -2.23. The summed E-state index contributed by atoms with van der Waals surface area (Å²) in [5.41, 5.74) is 3.85. The maximum Gasteiger partial charge on any atom is 0.270 e. The quantitative estimate of drug-likeness (QED) is 0.660. The van der Waals surface area contributed by atoms with Crippen molar-refractivity contribution in [2.24, 2.45) is 11.0 Å². The summed E-state index contributed by atoms with van der Waals surface area (Å²) in [5, 5.41) is 14.6. The Morgan fingerprint density at radius 3 is 2.53 bits per heavy atom. The van der Waals surface area contributed by atoms with Crippen LogP contribution in [0.4, 0.5) is 11.4 Å². The second-order valence-corrected chi connectivity index (χ2v) is 4.50. The van der Waals surface area contributed by atoms with Crippen molar-refractivity contribution < 1.29 is 9.72 Å². The van der Waals surface area contributed by atoms with Gasteiger partial charge in [0.2, 0.25) is 0 Å². The van der Waals surface area contributed by atoms with Crippen molar-refractivity contribution in [3.8, 4) is 0 Å². The summed E-state index contributed by atoms with van der Waals surface area (Å²) in [7, 11) is 1.73. The fraction of sp³-hybridized carbons (Fsp3) is 0.333. The predicted octanol–water partition coefficient (Wildman–Crippen LogP) is 1.47. The molecule has 2 rings (SSSR count). The molecule has 0 spiro atoms. The molecule has 1 unspecified atom stereocenters. The van der Waals surface area contributed by atoms with E-state index in [4.69, 9.17) is 0 Å². The zero-order valence-electron chi connectivity index (χ0n) is 10.7. The number of hydrogen-bond donors (Lipinski definition) is 1. The first-order valence-electron chi connectivity index (χ1n) is 5.82. The molecule has 0 bridgehead atoms. The molecule has 1 atom stereocenters. The van der Waals surface area contributed by atoms with Crippen LogP contribution in [0.2, 0.25) is 0 Å².